The lowest BCUT2D eigenvalue weighted by molar-refractivity contribution is 0.171. The molecule has 1 aromatic carbocycles. The monoisotopic (exact) mass is 213 g/mol. The van der Waals surface area contributed by atoms with Gasteiger partial charge in [0.1, 0.15) is 0 Å². The number of hydrogen-bond acceptors (Lipinski definition) is 2. The van der Waals surface area contributed by atoms with Crippen LogP contribution in [0.5, 0.6) is 0 Å². The number of benzene rings is 1. The Hall–Kier alpha value is -0.570. The maximum Gasteiger partial charge on any atom is 0.0613 e. The van der Waals surface area contributed by atoms with Crippen LogP contribution >= 0.6 is 11.6 Å². The van der Waals surface area contributed by atoms with Crippen molar-refractivity contribution in [3.63, 3.8) is 0 Å². The molecule has 0 aliphatic rings. The second-order valence-corrected chi connectivity index (χ2v) is 3.80. The zero-order valence-electron chi connectivity index (χ0n) is 8.59. The first-order valence-electron chi connectivity index (χ1n) is 4.69. The van der Waals surface area contributed by atoms with Gasteiger partial charge in [0.25, 0.3) is 0 Å². The van der Waals surface area contributed by atoms with E-state index in [1.807, 2.05) is 24.3 Å². The Kier molecular flexibility index (Phi) is 4.94. The van der Waals surface area contributed by atoms with Crippen LogP contribution in [0.4, 0.5) is 0 Å². The lowest BCUT2D eigenvalue weighted by Gasteiger charge is -2.12. The van der Waals surface area contributed by atoms with Gasteiger partial charge in [-0.2, -0.15) is 0 Å². The number of ether oxygens (including phenoxy) is 1. The normalized spacial score (nSPS) is 12.8. The topological polar surface area (TPSA) is 21.3 Å². The standard InChI is InChI=1S/C11H16ClNO/c1-9(8-14-2)13-7-10-3-5-11(12)6-4-10/h3-6,9,13H,7-8H2,1-2H3/t9-/m0/s1. The lowest BCUT2D eigenvalue weighted by atomic mass is 10.2. The van der Waals surface area contributed by atoms with Gasteiger partial charge in [0, 0.05) is 24.7 Å². The molecule has 1 atom stereocenters. The summed E-state index contributed by atoms with van der Waals surface area (Å²) in [6.07, 6.45) is 0. The van der Waals surface area contributed by atoms with E-state index in [1.165, 1.54) is 5.56 Å². The Morgan fingerprint density at radius 1 is 1.36 bits per heavy atom. The fourth-order valence-corrected chi connectivity index (χ4v) is 1.33. The summed E-state index contributed by atoms with van der Waals surface area (Å²) in [6, 6.07) is 8.22. The number of nitrogens with one attached hydrogen (secondary N) is 1. The first kappa shape index (κ1) is 11.5. The van der Waals surface area contributed by atoms with Crippen LogP contribution in [-0.4, -0.2) is 19.8 Å². The minimum Gasteiger partial charge on any atom is -0.383 e. The number of rotatable bonds is 5. The molecule has 0 bridgehead atoms. The summed E-state index contributed by atoms with van der Waals surface area (Å²) in [7, 11) is 1.71. The molecule has 3 heteroatoms. The Balaban J connectivity index is 2.34. The molecule has 1 aromatic rings. The van der Waals surface area contributed by atoms with E-state index in [1.54, 1.807) is 7.11 Å². The van der Waals surface area contributed by atoms with Crippen LogP contribution in [0.1, 0.15) is 12.5 Å². The third kappa shape index (κ3) is 4.09. The van der Waals surface area contributed by atoms with E-state index in [2.05, 4.69) is 12.2 Å². The minimum atomic E-state index is 0.371. The van der Waals surface area contributed by atoms with Crippen molar-refractivity contribution in [1.29, 1.82) is 0 Å². The van der Waals surface area contributed by atoms with Crippen molar-refractivity contribution in [3.8, 4) is 0 Å². The van der Waals surface area contributed by atoms with Crippen molar-refractivity contribution >= 4 is 11.6 Å². The second-order valence-electron chi connectivity index (χ2n) is 3.36. The van der Waals surface area contributed by atoms with E-state index in [-0.39, 0.29) is 0 Å². The van der Waals surface area contributed by atoms with Gasteiger partial charge in [-0.3, -0.25) is 0 Å². The van der Waals surface area contributed by atoms with Crippen LogP contribution in [0.25, 0.3) is 0 Å². The van der Waals surface area contributed by atoms with Crippen molar-refractivity contribution in [1.82, 2.24) is 5.32 Å². The molecule has 0 aliphatic heterocycles. The van der Waals surface area contributed by atoms with E-state index in [0.717, 1.165) is 18.2 Å². The molecule has 2 nitrogen and oxygen atoms in total. The molecule has 14 heavy (non-hydrogen) atoms. The molecule has 0 amide bonds. The highest BCUT2D eigenvalue weighted by atomic mass is 35.5. The molecular formula is C11H16ClNO. The van der Waals surface area contributed by atoms with Gasteiger partial charge in [0.05, 0.1) is 6.61 Å². The van der Waals surface area contributed by atoms with Gasteiger partial charge < -0.3 is 10.1 Å². The number of hydrogen-bond donors (Lipinski definition) is 1. The maximum absolute atomic E-state index is 5.78. The first-order chi connectivity index (χ1) is 6.72. The average molecular weight is 214 g/mol. The third-order valence-electron chi connectivity index (χ3n) is 1.98. The van der Waals surface area contributed by atoms with Gasteiger partial charge in [0.2, 0.25) is 0 Å². The van der Waals surface area contributed by atoms with Crippen LogP contribution in [0.2, 0.25) is 5.02 Å². The molecule has 0 unspecified atom stereocenters. The van der Waals surface area contributed by atoms with Crippen LogP contribution in [-0.2, 0) is 11.3 Å². The van der Waals surface area contributed by atoms with E-state index in [4.69, 9.17) is 16.3 Å². The van der Waals surface area contributed by atoms with Gasteiger partial charge in [-0.25, -0.2) is 0 Å². The SMILES string of the molecule is COC[C@H](C)NCc1ccc(Cl)cc1. The van der Waals surface area contributed by atoms with Crippen molar-refractivity contribution in [3.05, 3.63) is 34.9 Å². The van der Waals surface area contributed by atoms with Crippen molar-refractivity contribution in [2.75, 3.05) is 13.7 Å². The summed E-state index contributed by atoms with van der Waals surface area (Å²) in [6.45, 7) is 3.68. The summed E-state index contributed by atoms with van der Waals surface area (Å²) in [5.41, 5.74) is 1.23. The predicted octanol–water partition coefficient (Wildman–Crippen LogP) is 2.46. The van der Waals surface area contributed by atoms with E-state index < -0.39 is 0 Å². The summed E-state index contributed by atoms with van der Waals surface area (Å²) in [5.74, 6) is 0. The van der Waals surface area contributed by atoms with Crippen molar-refractivity contribution in [2.45, 2.75) is 19.5 Å². The molecule has 0 radical (unpaired) electrons. The molecule has 0 saturated heterocycles. The Labute approximate surface area is 90.2 Å². The average Bonchev–Trinajstić information content (AvgIpc) is 2.17. The van der Waals surface area contributed by atoms with E-state index in [0.29, 0.717) is 6.04 Å². The van der Waals surface area contributed by atoms with E-state index >= 15 is 0 Å². The number of halogens is 1. The zero-order valence-corrected chi connectivity index (χ0v) is 9.34. The van der Waals surface area contributed by atoms with Gasteiger partial charge in [-0.1, -0.05) is 23.7 Å². The highest BCUT2D eigenvalue weighted by Crippen LogP contribution is 2.09. The quantitative estimate of drug-likeness (QED) is 0.812. The van der Waals surface area contributed by atoms with Gasteiger partial charge >= 0.3 is 0 Å². The maximum atomic E-state index is 5.78. The van der Waals surface area contributed by atoms with Crippen LogP contribution in [0, 0.1) is 0 Å². The summed E-state index contributed by atoms with van der Waals surface area (Å²) in [4.78, 5) is 0. The molecular weight excluding hydrogens is 198 g/mol. The third-order valence-corrected chi connectivity index (χ3v) is 2.24. The Morgan fingerprint density at radius 3 is 2.57 bits per heavy atom. The van der Waals surface area contributed by atoms with Crippen molar-refractivity contribution < 1.29 is 4.74 Å². The molecule has 0 aliphatic carbocycles. The molecule has 0 spiro atoms. The molecule has 0 saturated carbocycles. The molecule has 1 rings (SSSR count). The molecule has 0 fully saturated rings. The van der Waals surface area contributed by atoms with Crippen molar-refractivity contribution in [2.24, 2.45) is 0 Å². The fourth-order valence-electron chi connectivity index (χ4n) is 1.20. The largest absolute Gasteiger partial charge is 0.383 e. The molecule has 0 aromatic heterocycles. The molecule has 1 N–H and O–H groups in total. The van der Waals surface area contributed by atoms with Gasteiger partial charge in [0.15, 0.2) is 0 Å². The van der Waals surface area contributed by atoms with Crippen LogP contribution in [0.3, 0.4) is 0 Å². The fraction of sp³-hybridized carbons (Fsp3) is 0.455. The second kappa shape index (κ2) is 6.02. The Bertz CT molecular complexity index is 260. The summed E-state index contributed by atoms with van der Waals surface area (Å²) in [5, 5.41) is 4.13. The minimum absolute atomic E-state index is 0.371. The highest BCUT2D eigenvalue weighted by molar-refractivity contribution is 6.30. The summed E-state index contributed by atoms with van der Waals surface area (Å²) >= 11 is 5.78. The van der Waals surface area contributed by atoms with Gasteiger partial charge in [-0.15, -0.1) is 0 Å². The Morgan fingerprint density at radius 2 is 2.00 bits per heavy atom. The predicted molar refractivity (Wildman–Crippen MR) is 59.6 cm³/mol. The molecule has 0 heterocycles. The molecule has 78 valence electrons. The van der Waals surface area contributed by atoms with Crippen LogP contribution in [0.15, 0.2) is 24.3 Å². The van der Waals surface area contributed by atoms with E-state index in [9.17, 15) is 0 Å². The van der Waals surface area contributed by atoms with Crippen LogP contribution < -0.4 is 5.32 Å². The first-order valence-corrected chi connectivity index (χ1v) is 5.07. The number of methoxy groups -OCH3 is 1. The van der Waals surface area contributed by atoms with Gasteiger partial charge in [-0.05, 0) is 24.6 Å². The lowest BCUT2D eigenvalue weighted by Crippen LogP contribution is -2.29. The summed E-state index contributed by atoms with van der Waals surface area (Å²) < 4.78 is 5.03. The highest BCUT2D eigenvalue weighted by Gasteiger charge is 1.99. The smallest absolute Gasteiger partial charge is 0.0613 e. The zero-order chi connectivity index (χ0) is 10.4.